The van der Waals surface area contributed by atoms with Gasteiger partial charge < -0.3 is 15.8 Å². The van der Waals surface area contributed by atoms with Crippen molar-refractivity contribution in [3.63, 3.8) is 0 Å². The summed E-state index contributed by atoms with van der Waals surface area (Å²) in [6, 6.07) is 1.77. The SMILES string of the molecule is CCOC(=O)c1cc(CC)sc1NC(=O)CCC(C)N. The van der Waals surface area contributed by atoms with Gasteiger partial charge >= 0.3 is 5.97 Å². The predicted molar refractivity (Wildman–Crippen MR) is 81.2 cm³/mol. The first-order chi connectivity index (χ1) is 9.47. The summed E-state index contributed by atoms with van der Waals surface area (Å²) in [5.41, 5.74) is 6.06. The second-order valence-electron chi connectivity index (χ2n) is 4.59. The molecule has 1 unspecified atom stereocenters. The van der Waals surface area contributed by atoms with Crippen LogP contribution in [0.2, 0.25) is 0 Å². The standard InChI is InChI=1S/C14H22N2O3S/c1-4-10-8-11(14(18)19-5-2)13(20-10)16-12(17)7-6-9(3)15/h8-9H,4-7,15H2,1-3H3,(H,16,17). The molecular formula is C14H22N2O3S. The minimum absolute atomic E-state index is 0.0141. The second-order valence-corrected chi connectivity index (χ2v) is 5.73. The average Bonchev–Trinajstić information content (AvgIpc) is 2.80. The lowest BCUT2D eigenvalue weighted by Gasteiger charge is -2.07. The van der Waals surface area contributed by atoms with E-state index >= 15 is 0 Å². The van der Waals surface area contributed by atoms with Crippen molar-refractivity contribution in [3.8, 4) is 0 Å². The lowest BCUT2D eigenvalue weighted by atomic mass is 10.2. The van der Waals surface area contributed by atoms with Crippen LogP contribution in [0.5, 0.6) is 0 Å². The summed E-state index contributed by atoms with van der Waals surface area (Å²) < 4.78 is 5.00. The molecule has 0 aliphatic rings. The zero-order valence-corrected chi connectivity index (χ0v) is 13.0. The molecule has 6 heteroatoms. The van der Waals surface area contributed by atoms with Gasteiger partial charge in [0.15, 0.2) is 0 Å². The Morgan fingerprint density at radius 1 is 1.45 bits per heavy atom. The van der Waals surface area contributed by atoms with Crippen molar-refractivity contribution in [2.24, 2.45) is 5.73 Å². The first-order valence-electron chi connectivity index (χ1n) is 6.83. The molecule has 112 valence electrons. The third-order valence-electron chi connectivity index (χ3n) is 2.71. The first kappa shape index (κ1) is 16.7. The molecule has 0 saturated carbocycles. The van der Waals surface area contributed by atoms with E-state index in [1.165, 1.54) is 11.3 Å². The average molecular weight is 298 g/mol. The highest BCUT2D eigenvalue weighted by Crippen LogP contribution is 2.29. The number of carbonyl (C=O) groups is 2. The van der Waals surface area contributed by atoms with E-state index in [2.05, 4.69) is 5.32 Å². The molecule has 1 rings (SSSR count). The number of thiophene rings is 1. The van der Waals surface area contributed by atoms with Gasteiger partial charge in [-0.1, -0.05) is 6.92 Å². The maximum Gasteiger partial charge on any atom is 0.341 e. The molecule has 0 spiro atoms. The molecule has 1 atom stereocenters. The van der Waals surface area contributed by atoms with Gasteiger partial charge in [0.25, 0.3) is 0 Å². The minimum atomic E-state index is -0.397. The first-order valence-corrected chi connectivity index (χ1v) is 7.64. The number of anilines is 1. The van der Waals surface area contributed by atoms with Crippen LogP contribution in [0.15, 0.2) is 6.07 Å². The van der Waals surface area contributed by atoms with Crippen LogP contribution < -0.4 is 11.1 Å². The van der Waals surface area contributed by atoms with E-state index in [1.54, 1.807) is 13.0 Å². The number of hydrogen-bond donors (Lipinski definition) is 2. The Hall–Kier alpha value is -1.40. The molecule has 0 aliphatic heterocycles. The number of nitrogens with one attached hydrogen (secondary N) is 1. The summed E-state index contributed by atoms with van der Waals surface area (Å²) in [6.45, 7) is 5.93. The van der Waals surface area contributed by atoms with Crippen molar-refractivity contribution < 1.29 is 14.3 Å². The van der Waals surface area contributed by atoms with Gasteiger partial charge in [-0.2, -0.15) is 0 Å². The zero-order valence-electron chi connectivity index (χ0n) is 12.2. The fourth-order valence-corrected chi connectivity index (χ4v) is 2.62. The van der Waals surface area contributed by atoms with Crippen LogP contribution in [-0.4, -0.2) is 24.5 Å². The molecule has 0 radical (unpaired) electrons. The van der Waals surface area contributed by atoms with Gasteiger partial charge in [-0.15, -0.1) is 11.3 Å². The number of aryl methyl sites for hydroxylation is 1. The van der Waals surface area contributed by atoms with Crippen molar-refractivity contribution in [2.45, 2.75) is 46.1 Å². The van der Waals surface area contributed by atoms with Gasteiger partial charge in [-0.25, -0.2) is 4.79 Å². The van der Waals surface area contributed by atoms with E-state index in [9.17, 15) is 9.59 Å². The van der Waals surface area contributed by atoms with E-state index in [1.807, 2.05) is 13.8 Å². The molecular weight excluding hydrogens is 276 g/mol. The molecule has 1 heterocycles. The third-order valence-corrected chi connectivity index (χ3v) is 3.90. The number of esters is 1. The van der Waals surface area contributed by atoms with Gasteiger partial charge in [0.05, 0.1) is 12.2 Å². The Bertz CT molecular complexity index is 469. The maximum absolute atomic E-state index is 11.9. The van der Waals surface area contributed by atoms with E-state index in [0.717, 1.165) is 11.3 Å². The van der Waals surface area contributed by atoms with Crippen LogP contribution in [0.4, 0.5) is 5.00 Å². The number of carbonyl (C=O) groups excluding carboxylic acids is 2. The normalized spacial score (nSPS) is 12.0. The maximum atomic E-state index is 11.9. The third kappa shape index (κ3) is 4.94. The molecule has 0 aromatic carbocycles. The lowest BCUT2D eigenvalue weighted by Crippen LogP contribution is -2.20. The van der Waals surface area contributed by atoms with Gasteiger partial charge in [-0.3, -0.25) is 4.79 Å². The Kier molecular flexibility index (Phi) is 6.67. The lowest BCUT2D eigenvalue weighted by molar-refractivity contribution is -0.116. The van der Waals surface area contributed by atoms with Crippen LogP contribution in [0.1, 0.15) is 48.8 Å². The quantitative estimate of drug-likeness (QED) is 0.758. The van der Waals surface area contributed by atoms with Crippen molar-refractivity contribution in [1.82, 2.24) is 0 Å². The summed E-state index contributed by atoms with van der Waals surface area (Å²) in [5, 5.41) is 3.35. The Morgan fingerprint density at radius 2 is 2.15 bits per heavy atom. The zero-order chi connectivity index (χ0) is 15.1. The number of hydrogen-bond acceptors (Lipinski definition) is 5. The van der Waals surface area contributed by atoms with Crippen LogP contribution in [0, 0.1) is 0 Å². The smallest absolute Gasteiger partial charge is 0.341 e. The number of amides is 1. The highest BCUT2D eigenvalue weighted by atomic mass is 32.1. The monoisotopic (exact) mass is 298 g/mol. The molecule has 0 aliphatic carbocycles. The molecule has 0 fully saturated rings. The van der Waals surface area contributed by atoms with Gasteiger partial charge in [-0.05, 0) is 32.8 Å². The summed E-state index contributed by atoms with van der Waals surface area (Å²) in [7, 11) is 0. The van der Waals surface area contributed by atoms with Crippen molar-refractivity contribution in [1.29, 1.82) is 0 Å². The molecule has 1 aromatic heterocycles. The fraction of sp³-hybridized carbons (Fsp3) is 0.571. The fourth-order valence-electron chi connectivity index (χ4n) is 1.62. The van der Waals surface area contributed by atoms with Crippen LogP contribution in [0.25, 0.3) is 0 Å². The Morgan fingerprint density at radius 3 is 2.70 bits per heavy atom. The number of nitrogens with two attached hydrogens (primary N) is 1. The van der Waals surface area contributed by atoms with Crippen LogP contribution >= 0.6 is 11.3 Å². The molecule has 0 saturated heterocycles. The second kappa shape index (κ2) is 8.01. The van der Waals surface area contributed by atoms with E-state index in [0.29, 0.717) is 30.0 Å². The van der Waals surface area contributed by atoms with Crippen LogP contribution in [-0.2, 0) is 16.0 Å². The summed E-state index contributed by atoms with van der Waals surface area (Å²) in [5.74, 6) is -0.525. The van der Waals surface area contributed by atoms with Gasteiger partial charge in [0.1, 0.15) is 5.00 Å². The molecule has 1 aromatic rings. The highest BCUT2D eigenvalue weighted by Gasteiger charge is 2.18. The summed E-state index contributed by atoms with van der Waals surface area (Å²) in [6.07, 6.45) is 1.78. The molecule has 1 amide bonds. The van der Waals surface area contributed by atoms with Crippen molar-refractivity contribution in [2.75, 3.05) is 11.9 Å². The largest absolute Gasteiger partial charge is 0.462 e. The Balaban J connectivity index is 2.79. The highest BCUT2D eigenvalue weighted by molar-refractivity contribution is 7.16. The topological polar surface area (TPSA) is 81.4 Å². The van der Waals surface area contributed by atoms with E-state index in [4.69, 9.17) is 10.5 Å². The number of rotatable bonds is 7. The van der Waals surface area contributed by atoms with E-state index in [-0.39, 0.29) is 11.9 Å². The van der Waals surface area contributed by atoms with E-state index < -0.39 is 5.97 Å². The van der Waals surface area contributed by atoms with Crippen LogP contribution in [0.3, 0.4) is 0 Å². The Labute approximate surface area is 123 Å². The minimum Gasteiger partial charge on any atom is -0.462 e. The van der Waals surface area contributed by atoms with Crippen molar-refractivity contribution >= 4 is 28.2 Å². The van der Waals surface area contributed by atoms with Gasteiger partial charge in [0, 0.05) is 17.3 Å². The van der Waals surface area contributed by atoms with Crippen molar-refractivity contribution in [3.05, 3.63) is 16.5 Å². The molecule has 3 N–H and O–H groups in total. The number of ether oxygens (including phenoxy) is 1. The molecule has 20 heavy (non-hydrogen) atoms. The molecule has 5 nitrogen and oxygen atoms in total. The van der Waals surface area contributed by atoms with Gasteiger partial charge in [0.2, 0.25) is 5.91 Å². The summed E-state index contributed by atoms with van der Waals surface area (Å²) >= 11 is 1.41. The predicted octanol–water partition coefficient (Wildman–Crippen LogP) is 2.55. The summed E-state index contributed by atoms with van der Waals surface area (Å²) in [4.78, 5) is 24.7. The molecule has 0 bridgehead atoms.